The van der Waals surface area contributed by atoms with Gasteiger partial charge in [0.25, 0.3) is 0 Å². The number of rotatable bonds is 3. The fourth-order valence-corrected chi connectivity index (χ4v) is 3.86. The average Bonchev–Trinajstić information content (AvgIpc) is 2.83. The Hall–Kier alpha value is -0.960. The number of nitrogens with one attached hydrogen (secondary N) is 1. The molecule has 3 atom stereocenters. The molecule has 98 valence electrons. The molecule has 0 spiro atoms. The Labute approximate surface area is 107 Å². The van der Waals surface area contributed by atoms with E-state index in [2.05, 4.69) is 5.32 Å². The van der Waals surface area contributed by atoms with Gasteiger partial charge in [-0.1, -0.05) is 12.5 Å². The van der Waals surface area contributed by atoms with E-state index in [1.165, 1.54) is 31.4 Å². The van der Waals surface area contributed by atoms with Crippen LogP contribution < -0.4 is 5.32 Å². The first-order valence-electron chi connectivity index (χ1n) is 6.77. The van der Waals surface area contributed by atoms with Crippen molar-refractivity contribution in [1.82, 2.24) is 5.32 Å². The van der Waals surface area contributed by atoms with Crippen LogP contribution in [0.5, 0.6) is 0 Å². The highest BCUT2D eigenvalue weighted by molar-refractivity contribution is 5.31. The van der Waals surface area contributed by atoms with E-state index in [4.69, 9.17) is 0 Å². The van der Waals surface area contributed by atoms with Gasteiger partial charge in [-0.2, -0.15) is 0 Å². The topological polar surface area (TPSA) is 12.0 Å². The van der Waals surface area contributed by atoms with Crippen molar-refractivity contribution >= 4 is 0 Å². The molecular weight excluding hydrogens is 232 g/mol. The number of hydrogen-bond acceptors (Lipinski definition) is 1. The molecule has 1 nitrogen and oxygen atoms in total. The highest BCUT2D eigenvalue weighted by Crippen LogP contribution is 2.62. The van der Waals surface area contributed by atoms with Crippen LogP contribution in [0, 0.1) is 36.3 Å². The van der Waals surface area contributed by atoms with Crippen LogP contribution in [-0.2, 0) is 0 Å². The van der Waals surface area contributed by atoms with Crippen LogP contribution in [0.2, 0.25) is 0 Å². The minimum atomic E-state index is -0.414. The van der Waals surface area contributed by atoms with E-state index in [0.717, 1.165) is 0 Å². The minimum Gasteiger partial charge on any atom is -0.313 e. The Morgan fingerprint density at radius 2 is 1.89 bits per heavy atom. The first kappa shape index (κ1) is 12.1. The SMILES string of the molecule is CNC(c1c(F)ccc(C)c1F)C1C2CCCC21. The molecule has 0 bridgehead atoms. The van der Waals surface area contributed by atoms with E-state index in [1.807, 2.05) is 0 Å². The quantitative estimate of drug-likeness (QED) is 0.865. The molecule has 0 saturated heterocycles. The maximum absolute atomic E-state index is 14.2. The number of fused-ring (bicyclic) bond motifs is 1. The van der Waals surface area contributed by atoms with Gasteiger partial charge in [0.05, 0.1) is 0 Å². The largest absolute Gasteiger partial charge is 0.313 e. The molecule has 2 fully saturated rings. The fourth-order valence-electron chi connectivity index (χ4n) is 3.86. The van der Waals surface area contributed by atoms with Gasteiger partial charge in [0.1, 0.15) is 11.6 Å². The van der Waals surface area contributed by atoms with Crippen molar-refractivity contribution in [3.05, 3.63) is 34.9 Å². The van der Waals surface area contributed by atoms with Crippen molar-refractivity contribution in [2.75, 3.05) is 7.05 Å². The second-order valence-electron chi connectivity index (χ2n) is 5.69. The summed E-state index contributed by atoms with van der Waals surface area (Å²) >= 11 is 0. The van der Waals surface area contributed by atoms with Crippen LogP contribution in [0.1, 0.15) is 36.4 Å². The molecule has 2 aliphatic carbocycles. The van der Waals surface area contributed by atoms with Crippen LogP contribution >= 0.6 is 0 Å². The van der Waals surface area contributed by atoms with Crippen molar-refractivity contribution in [3.63, 3.8) is 0 Å². The molecule has 1 aromatic rings. The molecule has 18 heavy (non-hydrogen) atoms. The number of aryl methyl sites for hydroxylation is 1. The van der Waals surface area contributed by atoms with Gasteiger partial charge in [-0.05, 0) is 56.2 Å². The Morgan fingerprint density at radius 3 is 2.50 bits per heavy atom. The van der Waals surface area contributed by atoms with Gasteiger partial charge in [-0.3, -0.25) is 0 Å². The van der Waals surface area contributed by atoms with Gasteiger partial charge in [-0.15, -0.1) is 0 Å². The standard InChI is InChI=1S/C15H19F2N/c1-8-6-7-11(16)13(14(8)17)15(18-2)12-9-4-3-5-10(9)12/h6-7,9-10,12,15,18H,3-5H2,1-2H3. The van der Waals surface area contributed by atoms with Gasteiger partial charge < -0.3 is 5.32 Å². The Balaban J connectivity index is 1.95. The Morgan fingerprint density at radius 1 is 1.22 bits per heavy atom. The second kappa shape index (κ2) is 4.30. The summed E-state index contributed by atoms with van der Waals surface area (Å²) in [4.78, 5) is 0. The molecule has 2 saturated carbocycles. The van der Waals surface area contributed by atoms with Crippen LogP contribution in [0.15, 0.2) is 12.1 Å². The van der Waals surface area contributed by atoms with Crippen molar-refractivity contribution < 1.29 is 8.78 Å². The molecule has 0 amide bonds. The molecule has 3 unspecified atom stereocenters. The van der Waals surface area contributed by atoms with Gasteiger partial charge in [0, 0.05) is 11.6 Å². The molecule has 0 aromatic heterocycles. The second-order valence-corrected chi connectivity index (χ2v) is 5.69. The van der Waals surface area contributed by atoms with E-state index in [9.17, 15) is 8.78 Å². The number of halogens is 2. The lowest BCUT2D eigenvalue weighted by molar-refractivity contribution is 0.408. The zero-order valence-electron chi connectivity index (χ0n) is 10.8. The molecule has 0 heterocycles. The summed E-state index contributed by atoms with van der Waals surface area (Å²) in [5, 5.41) is 3.14. The first-order valence-corrected chi connectivity index (χ1v) is 6.77. The van der Waals surface area contributed by atoms with Gasteiger partial charge >= 0.3 is 0 Å². The Kier molecular flexibility index (Phi) is 2.89. The Bertz CT molecular complexity index is 462. The molecule has 3 rings (SSSR count). The van der Waals surface area contributed by atoms with Gasteiger partial charge in [0.2, 0.25) is 0 Å². The highest BCUT2D eigenvalue weighted by Gasteiger charge is 2.56. The monoisotopic (exact) mass is 251 g/mol. The van der Waals surface area contributed by atoms with Crippen LogP contribution in [0.4, 0.5) is 8.78 Å². The molecule has 0 aliphatic heterocycles. The molecule has 0 radical (unpaired) electrons. The van der Waals surface area contributed by atoms with Crippen molar-refractivity contribution in [1.29, 1.82) is 0 Å². The highest BCUT2D eigenvalue weighted by atomic mass is 19.1. The molecule has 1 aromatic carbocycles. The molecule has 2 aliphatic rings. The van der Waals surface area contributed by atoms with E-state index in [1.54, 1.807) is 14.0 Å². The lowest BCUT2D eigenvalue weighted by Gasteiger charge is -2.20. The summed E-state index contributed by atoms with van der Waals surface area (Å²) in [6, 6.07) is 2.73. The summed E-state index contributed by atoms with van der Waals surface area (Å²) < 4.78 is 28.1. The lowest BCUT2D eigenvalue weighted by atomic mass is 9.94. The molecular formula is C15H19F2N. The smallest absolute Gasteiger partial charge is 0.133 e. The predicted molar refractivity (Wildman–Crippen MR) is 67.2 cm³/mol. The van der Waals surface area contributed by atoms with Gasteiger partial charge in [0.15, 0.2) is 0 Å². The fraction of sp³-hybridized carbons (Fsp3) is 0.600. The van der Waals surface area contributed by atoms with Crippen LogP contribution in [0.3, 0.4) is 0 Å². The third-order valence-electron chi connectivity index (χ3n) is 4.80. The summed E-state index contributed by atoms with van der Waals surface area (Å²) in [5.41, 5.74) is 0.773. The molecule has 1 N–H and O–H groups in total. The number of hydrogen-bond donors (Lipinski definition) is 1. The van der Waals surface area contributed by atoms with Crippen LogP contribution in [0.25, 0.3) is 0 Å². The first-order chi connectivity index (χ1) is 8.65. The third kappa shape index (κ3) is 1.68. The van der Waals surface area contributed by atoms with Crippen molar-refractivity contribution in [2.24, 2.45) is 17.8 Å². The van der Waals surface area contributed by atoms with E-state index >= 15 is 0 Å². The summed E-state index contributed by atoms with van der Waals surface area (Å²) in [6.07, 6.45) is 3.73. The predicted octanol–water partition coefficient (Wildman–Crippen LogP) is 3.58. The summed E-state index contributed by atoms with van der Waals surface area (Å²) in [6.45, 7) is 1.69. The lowest BCUT2D eigenvalue weighted by Crippen LogP contribution is -2.23. The maximum Gasteiger partial charge on any atom is 0.133 e. The number of benzene rings is 1. The minimum absolute atomic E-state index is 0.166. The van der Waals surface area contributed by atoms with Crippen molar-refractivity contribution in [3.8, 4) is 0 Å². The zero-order valence-corrected chi connectivity index (χ0v) is 10.8. The summed E-state index contributed by atoms with van der Waals surface area (Å²) in [5.74, 6) is 1.000. The third-order valence-corrected chi connectivity index (χ3v) is 4.80. The van der Waals surface area contributed by atoms with Crippen LogP contribution in [-0.4, -0.2) is 7.05 Å². The average molecular weight is 251 g/mol. The zero-order chi connectivity index (χ0) is 12.9. The van der Waals surface area contributed by atoms with Crippen molar-refractivity contribution in [2.45, 2.75) is 32.2 Å². The maximum atomic E-state index is 14.2. The van der Waals surface area contributed by atoms with E-state index < -0.39 is 5.82 Å². The van der Waals surface area contributed by atoms with E-state index in [-0.39, 0.29) is 17.4 Å². The molecule has 3 heteroatoms. The van der Waals surface area contributed by atoms with Gasteiger partial charge in [-0.25, -0.2) is 8.78 Å². The summed E-state index contributed by atoms with van der Waals surface area (Å²) in [7, 11) is 1.81. The van der Waals surface area contributed by atoms with E-state index in [0.29, 0.717) is 23.3 Å². The normalized spacial score (nSPS) is 31.2.